The lowest BCUT2D eigenvalue weighted by Gasteiger charge is -2.27. The predicted octanol–water partition coefficient (Wildman–Crippen LogP) is -2.33. The summed E-state index contributed by atoms with van der Waals surface area (Å²) in [6.45, 7) is -0.942. The molecule has 0 aromatic heterocycles. The average molecular weight is 256 g/mol. The van der Waals surface area contributed by atoms with Crippen LogP contribution in [0.15, 0.2) is 0 Å². The molecule has 4 N–H and O–H groups in total. The van der Waals surface area contributed by atoms with E-state index in [0.717, 1.165) is 0 Å². The Labute approximate surface area is 98.2 Å². The highest BCUT2D eigenvalue weighted by Gasteiger charge is 2.55. The van der Waals surface area contributed by atoms with Crippen LogP contribution in [0.4, 0.5) is 0 Å². The van der Waals surface area contributed by atoms with E-state index in [4.69, 9.17) is 19.7 Å². The Morgan fingerprint density at radius 2 is 2.06 bits per heavy atom. The van der Waals surface area contributed by atoms with Gasteiger partial charge in [-0.3, -0.25) is 0 Å². The minimum atomic E-state index is -1.89. The van der Waals surface area contributed by atoms with Gasteiger partial charge in [-0.2, -0.15) is 0 Å². The summed E-state index contributed by atoms with van der Waals surface area (Å²) in [5.74, 6) is -1.89. The number of aliphatic hydroxyl groups is 4. The van der Waals surface area contributed by atoms with Gasteiger partial charge in [0.25, 0.3) is 0 Å². The van der Waals surface area contributed by atoms with Gasteiger partial charge in [0.05, 0.1) is 19.8 Å². The maximum absolute atomic E-state index is 9.98. The smallest absolute Gasteiger partial charge is 0.220 e. The van der Waals surface area contributed by atoms with Crippen molar-refractivity contribution in [1.82, 2.24) is 0 Å². The summed E-state index contributed by atoms with van der Waals surface area (Å²) >= 11 is 3.53. The maximum Gasteiger partial charge on any atom is 0.220 e. The van der Waals surface area contributed by atoms with Gasteiger partial charge in [0, 0.05) is 0 Å². The molecule has 0 bridgehead atoms. The van der Waals surface area contributed by atoms with Gasteiger partial charge in [-0.1, -0.05) is 0 Å². The molecule has 1 rings (SSSR count). The Balaban J connectivity index is 2.62. The quantitative estimate of drug-likeness (QED) is 0.206. The number of hydrogen-bond acceptors (Lipinski definition) is 8. The van der Waals surface area contributed by atoms with E-state index in [1.165, 1.54) is 0 Å². The van der Waals surface area contributed by atoms with Gasteiger partial charge >= 0.3 is 0 Å². The summed E-state index contributed by atoms with van der Waals surface area (Å²) in [4.78, 5) is 0. The molecule has 1 aliphatic rings. The lowest BCUT2D eigenvalue weighted by Crippen LogP contribution is -2.47. The van der Waals surface area contributed by atoms with E-state index >= 15 is 0 Å². The van der Waals surface area contributed by atoms with Crippen molar-refractivity contribution < 1.29 is 34.1 Å². The first-order valence-corrected chi connectivity index (χ1v) is 5.13. The van der Waals surface area contributed by atoms with Crippen molar-refractivity contribution in [2.24, 2.45) is 0 Å². The zero-order valence-corrected chi connectivity index (χ0v) is 9.42. The predicted molar refractivity (Wildman–Crippen MR) is 54.7 cm³/mol. The molecule has 0 spiro atoms. The van der Waals surface area contributed by atoms with E-state index in [2.05, 4.69) is 17.1 Å². The maximum atomic E-state index is 9.98. The molecular formula is C8H16O7S. The molecule has 0 unspecified atom stereocenters. The third-order valence-corrected chi connectivity index (χ3v) is 2.56. The fraction of sp³-hybridized carbons (Fsp3) is 1.00. The lowest BCUT2D eigenvalue weighted by atomic mass is 10.1. The summed E-state index contributed by atoms with van der Waals surface area (Å²) in [5, 5.41) is 37.0. The largest absolute Gasteiger partial charge is 0.394 e. The van der Waals surface area contributed by atoms with Crippen LogP contribution in [0.3, 0.4) is 0 Å². The van der Waals surface area contributed by atoms with Crippen LogP contribution in [0.25, 0.3) is 0 Å². The van der Waals surface area contributed by atoms with Crippen LogP contribution in [0.5, 0.6) is 0 Å². The van der Waals surface area contributed by atoms with Crippen LogP contribution in [0.2, 0.25) is 0 Å². The van der Waals surface area contributed by atoms with Crippen molar-refractivity contribution in [2.75, 3.05) is 26.4 Å². The van der Waals surface area contributed by atoms with Crippen LogP contribution >= 0.6 is 12.9 Å². The molecule has 0 aromatic rings. The van der Waals surface area contributed by atoms with Crippen LogP contribution in [-0.4, -0.2) is 71.0 Å². The molecule has 1 aliphatic heterocycles. The molecule has 0 radical (unpaired) electrons. The third kappa shape index (κ3) is 2.84. The van der Waals surface area contributed by atoms with Crippen molar-refractivity contribution >= 4 is 12.9 Å². The van der Waals surface area contributed by atoms with E-state index in [-0.39, 0.29) is 19.8 Å². The minimum absolute atomic E-state index is 0.0187. The van der Waals surface area contributed by atoms with Crippen molar-refractivity contribution in [2.45, 2.75) is 24.1 Å². The Morgan fingerprint density at radius 1 is 1.38 bits per heavy atom. The Morgan fingerprint density at radius 3 is 2.56 bits per heavy atom. The van der Waals surface area contributed by atoms with E-state index < -0.39 is 30.7 Å². The van der Waals surface area contributed by atoms with Gasteiger partial charge in [-0.15, -0.1) is 0 Å². The highest BCUT2D eigenvalue weighted by molar-refractivity contribution is 7.75. The minimum Gasteiger partial charge on any atom is -0.394 e. The molecule has 1 fully saturated rings. The van der Waals surface area contributed by atoms with Crippen molar-refractivity contribution in [3.63, 3.8) is 0 Å². The number of rotatable bonds is 6. The molecule has 4 atom stereocenters. The second-order valence-electron chi connectivity index (χ2n) is 3.48. The highest BCUT2D eigenvalue weighted by atomic mass is 32.1. The normalized spacial score (nSPS) is 39.2. The van der Waals surface area contributed by atoms with E-state index in [9.17, 15) is 10.2 Å². The zero-order chi connectivity index (χ0) is 12.2. The van der Waals surface area contributed by atoms with Crippen LogP contribution in [0, 0.1) is 0 Å². The fourth-order valence-corrected chi connectivity index (χ4v) is 1.84. The molecule has 0 saturated carbocycles. The number of thiol groups is 1. The molecule has 7 nitrogen and oxygen atoms in total. The van der Waals surface area contributed by atoms with Gasteiger partial charge in [-0.05, 0) is 12.9 Å². The number of ether oxygens (including phenoxy) is 2. The molecule has 0 aromatic carbocycles. The molecule has 1 heterocycles. The molecule has 0 amide bonds. The molecule has 1 saturated heterocycles. The molecular weight excluding hydrogens is 240 g/mol. The summed E-state index contributed by atoms with van der Waals surface area (Å²) in [6, 6.07) is 0. The van der Waals surface area contributed by atoms with Gasteiger partial charge in [0.1, 0.15) is 18.8 Å². The van der Waals surface area contributed by atoms with Crippen LogP contribution < -0.4 is 0 Å². The first-order chi connectivity index (χ1) is 7.59. The summed E-state index contributed by atoms with van der Waals surface area (Å²) in [6.07, 6.45) is -3.29. The van der Waals surface area contributed by atoms with Gasteiger partial charge in [-0.25, -0.2) is 0 Å². The van der Waals surface area contributed by atoms with Crippen LogP contribution in [-0.2, 0) is 13.7 Å². The fourth-order valence-electron chi connectivity index (χ4n) is 1.55. The first kappa shape index (κ1) is 14.1. The average Bonchev–Trinajstić information content (AvgIpc) is 2.51. The molecule has 8 heteroatoms. The van der Waals surface area contributed by atoms with E-state index in [0.29, 0.717) is 0 Å². The van der Waals surface area contributed by atoms with Gasteiger partial charge < -0.3 is 34.1 Å². The molecule has 0 aliphatic carbocycles. The first-order valence-electron chi connectivity index (χ1n) is 4.77. The monoisotopic (exact) mass is 256 g/mol. The molecule has 16 heavy (non-hydrogen) atoms. The number of aliphatic hydroxyl groups excluding tert-OH is 3. The summed E-state index contributed by atoms with van der Waals surface area (Å²) in [7, 11) is 0. The zero-order valence-electron chi connectivity index (χ0n) is 8.52. The van der Waals surface area contributed by atoms with Crippen molar-refractivity contribution in [3.8, 4) is 0 Å². The Hall–Kier alpha value is 0.0700. The summed E-state index contributed by atoms with van der Waals surface area (Å²) in [5.41, 5.74) is 0. The highest BCUT2D eigenvalue weighted by Crippen LogP contribution is 2.32. The van der Waals surface area contributed by atoms with Crippen molar-refractivity contribution in [3.05, 3.63) is 0 Å². The topological polar surface area (TPSA) is 109 Å². The van der Waals surface area contributed by atoms with E-state index in [1.54, 1.807) is 0 Å². The Bertz CT molecular complexity index is 217. The molecule has 96 valence electrons. The lowest BCUT2D eigenvalue weighted by molar-refractivity contribution is -0.249. The van der Waals surface area contributed by atoms with Gasteiger partial charge in [0.15, 0.2) is 6.10 Å². The second-order valence-corrected chi connectivity index (χ2v) is 3.69. The third-order valence-electron chi connectivity index (χ3n) is 2.33. The second kappa shape index (κ2) is 6.12. The van der Waals surface area contributed by atoms with Crippen LogP contribution in [0.1, 0.15) is 0 Å². The number of hydrogen-bond donors (Lipinski definition) is 5. The standard InChI is InChI=1S/C8H16O7S/c9-1-2-13-4-8(12)7(15-16)6(11)5(3-10)14-8/h5-7,9-12,16H,1-4H2/t5-,6-,7+,8-/m1/s1. The van der Waals surface area contributed by atoms with Crippen molar-refractivity contribution in [1.29, 1.82) is 0 Å². The van der Waals surface area contributed by atoms with Gasteiger partial charge in [0.2, 0.25) is 5.79 Å². The summed E-state index contributed by atoms with van der Waals surface area (Å²) < 4.78 is 14.6. The Kier molecular flexibility index (Phi) is 5.41. The SMILES string of the molecule is OCCOC[C@@]1(O)O[C@H](CO)[C@@H](O)[C@@H]1OS. The van der Waals surface area contributed by atoms with E-state index in [1.807, 2.05) is 0 Å².